The molecule has 2 aromatic heterocycles. The van der Waals surface area contributed by atoms with Gasteiger partial charge in [-0.1, -0.05) is 46.2 Å². The molecule has 0 unspecified atom stereocenters. The molecule has 142 valence electrons. The van der Waals surface area contributed by atoms with Gasteiger partial charge in [0.05, 0.1) is 23.1 Å². The molecule has 0 aliphatic carbocycles. The monoisotopic (exact) mass is 385 g/mol. The number of halogens is 1. The minimum atomic E-state index is -0.231. The second kappa shape index (κ2) is 7.19. The molecule has 27 heavy (non-hydrogen) atoms. The molecule has 7 heteroatoms. The quantitative estimate of drug-likeness (QED) is 0.669. The summed E-state index contributed by atoms with van der Waals surface area (Å²) < 4.78 is 1.78. The fourth-order valence-electron chi connectivity index (χ4n) is 2.83. The van der Waals surface area contributed by atoms with Crippen LogP contribution in [0.2, 0.25) is 5.02 Å². The molecule has 3 rings (SSSR count). The van der Waals surface area contributed by atoms with E-state index in [1.807, 2.05) is 32.0 Å². The Balaban J connectivity index is 1.91. The fraction of sp³-hybridized carbons (Fsp3) is 0.350. The van der Waals surface area contributed by atoms with Gasteiger partial charge in [0.1, 0.15) is 0 Å². The summed E-state index contributed by atoms with van der Waals surface area (Å²) in [7, 11) is 0. The Labute approximate surface area is 163 Å². The maximum atomic E-state index is 12.9. The summed E-state index contributed by atoms with van der Waals surface area (Å²) in [5.74, 6) is 0.373. The lowest BCUT2D eigenvalue weighted by molar-refractivity contribution is 0.102. The van der Waals surface area contributed by atoms with Crippen molar-refractivity contribution in [3.05, 3.63) is 58.5 Å². The summed E-state index contributed by atoms with van der Waals surface area (Å²) in [6.45, 7) is 10.3. The van der Waals surface area contributed by atoms with E-state index in [-0.39, 0.29) is 17.2 Å². The number of carbonyl (C=O) groups excluding carboxylic acids is 1. The lowest BCUT2D eigenvalue weighted by Gasteiger charge is -2.14. The first kappa shape index (κ1) is 19.2. The number of rotatable bonds is 4. The van der Waals surface area contributed by atoms with Crippen LogP contribution in [0.5, 0.6) is 0 Å². The number of hydrogen-bond acceptors (Lipinski definition) is 3. The molecular formula is C20H24ClN5O. The van der Waals surface area contributed by atoms with E-state index in [2.05, 4.69) is 41.4 Å². The molecule has 0 radical (unpaired) electrons. The van der Waals surface area contributed by atoms with Gasteiger partial charge in [-0.15, -0.1) is 0 Å². The number of aromatic nitrogens is 4. The van der Waals surface area contributed by atoms with E-state index >= 15 is 0 Å². The van der Waals surface area contributed by atoms with Gasteiger partial charge in [0, 0.05) is 22.2 Å². The predicted octanol–water partition coefficient (Wildman–Crippen LogP) is 4.92. The normalized spacial score (nSPS) is 11.8. The largest absolute Gasteiger partial charge is 0.305 e. The van der Waals surface area contributed by atoms with E-state index in [9.17, 15) is 4.79 Å². The van der Waals surface area contributed by atoms with Crippen molar-refractivity contribution in [2.45, 2.75) is 46.0 Å². The van der Waals surface area contributed by atoms with Crippen LogP contribution >= 0.6 is 11.6 Å². The van der Waals surface area contributed by atoms with Crippen molar-refractivity contribution in [2.75, 3.05) is 5.32 Å². The number of H-pyrrole nitrogens is 1. The zero-order valence-corrected chi connectivity index (χ0v) is 16.9. The third kappa shape index (κ3) is 4.06. The maximum Gasteiger partial charge on any atom is 0.260 e. The number of anilines is 1. The second-order valence-corrected chi connectivity index (χ2v) is 8.29. The highest BCUT2D eigenvalue weighted by Crippen LogP contribution is 2.26. The summed E-state index contributed by atoms with van der Waals surface area (Å²) in [5, 5.41) is 15.1. The molecule has 0 spiro atoms. The SMILES string of the molecule is CC(C)c1c(C(=O)Nc2cc(C(C)(C)C)[nH]n2)cnn1-c1ccc(Cl)cc1. The molecule has 1 amide bonds. The Hall–Kier alpha value is -2.60. The van der Waals surface area contributed by atoms with Gasteiger partial charge in [-0.2, -0.15) is 10.2 Å². The molecule has 1 aromatic carbocycles. The molecule has 0 aliphatic heterocycles. The fourth-order valence-corrected chi connectivity index (χ4v) is 2.96. The van der Waals surface area contributed by atoms with Crippen LogP contribution in [0, 0.1) is 0 Å². The van der Waals surface area contributed by atoms with Crippen molar-refractivity contribution in [1.82, 2.24) is 20.0 Å². The topological polar surface area (TPSA) is 75.6 Å². The van der Waals surface area contributed by atoms with Crippen LogP contribution in [-0.4, -0.2) is 25.9 Å². The molecule has 0 saturated heterocycles. The van der Waals surface area contributed by atoms with E-state index in [4.69, 9.17) is 11.6 Å². The Morgan fingerprint density at radius 1 is 1.22 bits per heavy atom. The van der Waals surface area contributed by atoms with Crippen LogP contribution in [0.4, 0.5) is 5.82 Å². The minimum Gasteiger partial charge on any atom is -0.305 e. The van der Waals surface area contributed by atoms with E-state index in [0.717, 1.165) is 17.1 Å². The van der Waals surface area contributed by atoms with Crippen molar-refractivity contribution in [3.63, 3.8) is 0 Å². The van der Waals surface area contributed by atoms with Gasteiger partial charge < -0.3 is 5.32 Å². The third-order valence-electron chi connectivity index (χ3n) is 4.30. The molecule has 2 N–H and O–H groups in total. The van der Waals surface area contributed by atoms with Crippen molar-refractivity contribution < 1.29 is 4.79 Å². The standard InChI is InChI=1S/C20H24ClN5O/c1-12(2)18-15(11-22-26(18)14-8-6-13(21)7-9-14)19(27)23-17-10-16(24-25-17)20(3,4)5/h6-12H,1-5H3,(H2,23,24,25,27). The number of nitrogens with one attached hydrogen (secondary N) is 2. The van der Waals surface area contributed by atoms with E-state index in [1.54, 1.807) is 23.0 Å². The Morgan fingerprint density at radius 3 is 2.44 bits per heavy atom. The molecule has 0 atom stereocenters. The summed E-state index contributed by atoms with van der Waals surface area (Å²) in [6.07, 6.45) is 1.59. The minimum absolute atomic E-state index is 0.0709. The third-order valence-corrected chi connectivity index (χ3v) is 4.55. The molecule has 0 fully saturated rings. The number of carbonyl (C=O) groups is 1. The highest BCUT2D eigenvalue weighted by atomic mass is 35.5. The predicted molar refractivity (Wildman–Crippen MR) is 108 cm³/mol. The van der Waals surface area contributed by atoms with Gasteiger partial charge in [-0.25, -0.2) is 4.68 Å². The van der Waals surface area contributed by atoms with Gasteiger partial charge in [-0.05, 0) is 30.2 Å². The summed E-state index contributed by atoms with van der Waals surface area (Å²) in [6, 6.07) is 9.23. The average Bonchev–Trinajstić information content (AvgIpc) is 3.22. The van der Waals surface area contributed by atoms with Gasteiger partial charge in [0.15, 0.2) is 5.82 Å². The molecule has 0 bridgehead atoms. The van der Waals surface area contributed by atoms with Crippen LogP contribution < -0.4 is 5.32 Å². The highest BCUT2D eigenvalue weighted by molar-refractivity contribution is 6.30. The molecular weight excluding hydrogens is 362 g/mol. The first-order valence-corrected chi connectivity index (χ1v) is 9.25. The van der Waals surface area contributed by atoms with Gasteiger partial charge in [-0.3, -0.25) is 9.89 Å². The van der Waals surface area contributed by atoms with E-state index in [0.29, 0.717) is 16.4 Å². The molecule has 0 aliphatic rings. The Kier molecular flexibility index (Phi) is 5.11. The Morgan fingerprint density at radius 2 is 1.89 bits per heavy atom. The maximum absolute atomic E-state index is 12.9. The number of benzene rings is 1. The molecule has 0 saturated carbocycles. The number of nitrogens with zero attached hydrogens (tertiary/aromatic N) is 3. The lowest BCUT2D eigenvalue weighted by Crippen LogP contribution is -2.15. The van der Waals surface area contributed by atoms with Gasteiger partial charge in [0.2, 0.25) is 0 Å². The zero-order chi connectivity index (χ0) is 19.8. The van der Waals surface area contributed by atoms with Crippen molar-refractivity contribution in [2.24, 2.45) is 0 Å². The first-order chi connectivity index (χ1) is 12.7. The smallest absolute Gasteiger partial charge is 0.260 e. The van der Waals surface area contributed by atoms with Crippen LogP contribution in [-0.2, 0) is 5.41 Å². The number of amides is 1. The summed E-state index contributed by atoms with van der Waals surface area (Å²) >= 11 is 5.98. The number of aromatic amines is 1. The van der Waals surface area contributed by atoms with Crippen LogP contribution in [0.25, 0.3) is 5.69 Å². The van der Waals surface area contributed by atoms with E-state index < -0.39 is 0 Å². The highest BCUT2D eigenvalue weighted by Gasteiger charge is 2.23. The van der Waals surface area contributed by atoms with Crippen molar-refractivity contribution in [1.29, 1.82) is 0 Å². The molecule has 6 nitrogen and oxygen atoms in total. The second-order valence-electron chi connectivity index (χ2n) is 7.86. The van der Waals surface area contributed by atoms with Crippen LogP contribution in [0.15, 0.2) is 36.5 Å². The zero-order valence-electron chi connectivity index (χ0n) is 16.2. The Bertz CT molecular complexity index is 948. The molecule has 3 aromatic rings. The average molecular weight is 386 g/mol. The van der Waals surface area contributed by atoms with Gasteiger partial charge >= 0.3 is 0 Å². The van der Waals surface area contributed by atoms with Crippen molar-refractivity contribution >= 4 is 23.3 Å². The first-order valence-electron chi connectivity index (χ1n) is 8.88. The summed E-state index contributed by atoms with van der Waals surface area (Å²) in [4.78, 5) is 12.9. The molecule has 2 heterocycles. The summed E-state index contributed by atoms with van der Waals surface area (Å²) in [5.41, 5.74) is 3.11. The van der Waals surface area contributed by atoms with E-state index in [1.165, 1.54) is 0 Å². The van der Waals surface area contributed by atoms with Gasteiger partial charge in [0.25, 0.3) is 5.91 Å². The van der Waals surface area contributed by atoms with Crippen molar-refractivity contribution in [3.8, 4) is 5.69 Å². The van der Waals surface area contributed by atoms with Crippen LogP contribution in [0.3, 0.4) is 0 Å². The number of hydrogen-bond donors (Lipinski definition) is 2. The van der Waals surface area contributed by atoms with Crippen LogP contribution in [0.1, 0.15) is 62.3 Å². The lowest BCUT2D eigenvalue weighted by atomic mass is 9.92.